The number of rotatable bonds is 36. The molecule has 7 atom stereocenters. The van der Waals surface area contributed by atoms with Crippen LogP contribution in [0.5, 0.6) is 0 Å². The van der Waals surface area contributed by atoms with Gasteiger partial charge in [0.25, 0.3) is 0 Å². The molecule has 54 heavy (non-hydrogen) atoms. The van der Waals surface area contributed by atoms with Crippen molar-refractivity contribution in [1.82, 2.24) is 10.6 Å². The molecule has 1 fully saturated rings. The smallest absolute Gasteiger partial charge is 0.220 e. The van der Waals surface area contributed by atoms with E-state index >= 15 is 0 Å². The zero-order chi connectivity index (χ0) is 39.7. The van der Waals surface area contributed by atoms with Crippen LogP contribution in [0.1, 0.15) is 201 Å². The van der Waals surface area contributed by atoms with Crippen molar-refractivity contribution in [3.63, 3.8) is 0 Å². The minimum Gasteiger partial charge on any atom is -0.394 e. The van der Waals surface area contributed by atoms with Crippen LogP contribution in [0.25, 0.3) is 0 Å². The SMILES string of the molecule is CCCCCCCCCCCCC/C=C/[C@@H](O)[C@H](CO[C@H]1O[C@H](CO)[C@H](O)[C@H](O)[C@H]1NC(C)=O)NC(=O)CCCCCCCCCCCCCCCCC. The van der Waals surface area contributed by atoms with Crippen molar-refractivity contribution in [3.05, 3.63) is 12.2 Å². The van der Waals surface area contributed by atoms with Crippen LogP contribution in [-0.2, 0) is 19.1 Å². The summed E-state index contributed by atoms with van der Waals surface area (Å²) in [5.74, 6) is -0.632. The molecule has 0 spiro atoms. The number of aliphatic hydroxyl groups excluding tert-OH is 4. The highest BCUT2D eigenvalue weighted by Crippen LogP contribution is 2.23. The van der Waals surface area contributed by atoms with Crippen molar-refractivity contribution >= 4 is 11.8 Å². The van der Waals surface area contributed by atoms with Gasteiger partial charge in [-0.2, -0.15) is 0 Å². The fourth-order valence-corrected chi connectivity index (χ4v) is 7.27. The summed E-state index contributed by atoms with van der Waals surface area (Å²) in [6.45, 7) is 5.05. The molecule has 0 saturated carbocycles. The Morgan fingerprint density at radius 3 is 1.57 bits per heavy atom. The van der Waals surface area contributed by atoms with Gasteiger partial charge in [0.2, 0.25) is 11.8 Å². The second kappa shape index (κ2) is 34.7. The Kier molecular flexibility index (Phi) is 32.4. The molecule has 10 nitrogen and oxygen atoms in total. The van der Waals surface area contributed by atoms with Gasteiger partial charge < -0.3 is 40.5 Å². The summed E-state index contributed by atoms with van der Waals surface area (Å²) in [6, 6.07) is -1.91. The highest BCUT2D eigenvalue weighted by molar-refractivity contribution is 5.76. The second-order valence-electron chi connectivity index (χ2n) is 15.9. The number of carbonyl (C=O) groups excluding carboxylic acids is 2. The van der Waals surface area contributed by atoms with Crippen molar-refractivity contribution in [1.29, 1.82) is 0 Å². The van der Waals surface area contributed by atoms with E-state index in [0.29, 0.717) is 6.42 Å². The normalized spacial score (nSPS) is 21.4. The Balaban J connectivity index is 2.53. The van der Waals surface area contributed by atoms with Gasteiger partial charge in [0.1, 0.15) is 24.4 Å². The lowest BCUT2D eigenvalue weighted by Crippen LogP contribution is -2.65. The molecule has 6 N–H and O–H groups in total. The lowest BCUT2D eigenvalue weighted by Gasteiger charge is -2.42. The average Bonchev–Trinajstić information content (AvgIpc) is 3.15. The van der Waals surface area contributed by atoms with Crippen LogP contribution in [0.3, 0.4) is 0 Å². The Morgan fingerprint density at radius 2 is 1.13 bits per heavy atom. The molecule has 0 aliphatic carbocycles. The van der Waals surface area contributed by atoms with E-state index in [1.54, 1.807) is 6.08 Å². The lowest BCUT2D eigenvalue weighted by molar-refractivity contribution is -0.272. The molecule has 318 valence electrons. The third-order valence-electron chi connectivity index (χ3n) is 10.8. The Morgan fingerprint density at radius 1 is 0.685 bits per heavy atom. The number of aliphatic hydroxyl groups is 4. The molecule has 2 amide bonds. The van der Waals surface area contributed by atoms with Gasteiger partial charge in [-0.25, -0.2) is 0 Å². The van der Waals surface area contributed by atoms with E-state index < -0.39 is 55.3 Å². The predicted octanol–water partition coefficient (Wildman–Crippen LogP) is 8.31. The van der Waals surface area contributed by atoms with Crippen LogP contribution in [0.15, 0.2) is 12.2 Å². The second-order valence-corrected chi connectivity index (χ2v) is 15.9. The minimum atomic E-state index is -1.45. The zero-order valence-electron chi connectivity index (χ0n) is 34.8. The van der Waals surface area contributed by atoms with Crippen LogP contribution in [0, 0.1) is 0 Å². The quantitative estimate of drug-likeness (QED) is 0.0275. The van der Waals surface area contributed by atoms with Crippen molar-refractivity contribution in [2.75, 3.05) is 13.2 Å². The molecule has 1 heterocycles. The lowest BCUT2D eigenvalue weighted by atomic mass is 9.97. The Bertz CT molecular complexity index is 921. The number of amides is 2. The highest BCUT2D eigenvalue weighted by atomic mass is 16.7. The maximum absolute atomic E-state index is 13.0. The van der Waals surface area contributed by atoms with Gasteiger partial charge >= 0.3 is 0 Å². The highest BCUT2D eigenvalue weighted by Gasteiger charge is 2.45. The van der Waals surface area contributed by atoms with Gasteiger partial charge in [0, 0.05) is 13.3 Å². The number of ether oxygens (including phenoxy) is 2. The van der Waals surface area contributed by atoms with Crippen molar-refractivity contribution in [2.45, 2.75) is 243 Å². The fraction of sp³-hybridized carbons (Fsp3) is 0.909. The molecule has 0 bridgehead atoms. The summed E-state index contributed by atoms with van der Waals surface area (Å²) in [4.78, 5) is 24.9. The molecule has 0 radical (unpaired) electrons. The maximum Gasteiger partial charge on any atom is 0.220 e. The minimum absolute atomic E-state index is 0.170. The average molecular weight is 769 g/mol. The summed E-state index contributed by atoms with van der Waals surface area (Å²) in [5, 5.41) is 47.3. The molecule has 1 rings (SSSR count). The summed E-state index contributed by atoms with van der Waals surface area (Å²) < 4.78 is 11.7. The van der Waals surface area contributed by atoms with Gasteiger partial charge in [-0.05, 0) is 19.3 Å². The molecular weight excluding hydrogens is 684 g/mol. The number of nitrogens with one attached hydrogen (secondary N) is 2. The Hall–Kier alpha value is -1.56. The standard InChI is InChI=1S/C44H84N2O8/c1-4-6-8-10-12-14-16-18-19-21-23-25-27-29-31-33-40(50)46-37(35-53-44-41(45-36(3)48)43(52)42(51)39(34-47)54-44)38(49)32-30-28-26-24-22-20-17-15-13-11-9-7-5-2/h30,32,37-39,41-44,47,49,51-52H,4-29,31,33-35H2,1-3H3,(H,45,48)(H,46,50)/b32-30+/t37-,38+,39+,41+,42-,43+,44-/m0/s1. The number of carbonyl (C=O) groups is 2. The van der Waals surface area contributed by atoms with Gasteiger partial charge in [-0.3, -0.25) is 9.59 Å². The number of hydrogen-bond acceptors (Lipinski definition) is 8. The van der Waals surface area contributed by atoms with E-state index in [-0.39, 0.29) is 12.5 Å². The van der Waals surface area contributed by atoms with Crippen molar-refractivity contribution in [3.8, 4) is 0 Å². The first kappa shape index (κ1) is 50.5. The monoisotopic (exact) mass is 769 g/mol. The molecule has 1 saturated heterocycles. The van der Waals surface area contributed by atoms with Crippen LogP contribution in [0.2, 0.25) is 0 Å². The topological polar surface area (TPSA) is 158 Å². The molecule has 10 heteroatoms. The number of hydrogen-bond donors (Lipinski definition) is 6. The summed E-state index contributed by atoms with van der Waals surface area (Å²) in [7, 11) is 0. The molecule has 1 aliphatic heterocycles. The van der Waals surface area contributed by atoms with Gasteiger partial charge in [-0.15, -0.1) is 0 Å². The van der Waals surface area contributed by atoms with Crippen LogP contribution < -0.4 is 10.6 Å². The summed E-state index contributed by atoms with van der Waals surface area (Å²) >= 11 is 0. The summed E-state index contributed by atoms with van der Waals surface area (Å²) in [6.07, 6.45) is 31.3. The first-order valence-electron chi connectivity index (χ1n) is 22.4. The third-order valence-corrected chi connectivity index (χ3v) is 10.8. The molecule has 0 aromatic heterocycles. The first-order chi connectivity index (χ1) is 26.2. The number of unbranched alkanes of at least 4 members (excludes halogenated alkanes) is 25. The zero-order valence-corrected chi connectivity index (χ0v) is 34.8. The molecule has 0 aromatic rings. The van der Waals surface area contributed by atoms with Crippen LogP contribution in [0.4, 0.5) is 0 Å². The van der Waals surface area contributed by atoms with E-state index in [1.165, 1.54) is 142 Å². The van der Waals surface area contributed by atoms with Gasteiger partial charge in [-0.1, -0.05) is 180 Å². The van der Waals surface area contributed by atoms with E-state index in [2.05, 4.69) is 24.5 Å². The van der Waals surface area contributed by atoms with Crippen LogP contribution >= 0.6 is 0 Å². The molecular formula is C44H84N2O8. The number of allylic oxidation sites excluding steroid dienone is 1. The van der Waals surface area contributed by atoms with E-state index in [1.807, 2.05) is 6.08 Å². The van der Waals surface area contributed by atoms with Gasteiger partial charge in [0.15, 0.2) is 6.29 Å². The predicted molar refractivity (Wildman–Crippen MR) is 219 cm³/mol. The maximum atomic E-state index is 13.0. The fourth-order valence-electron chi connectivity index (χ4n) is 7.27. The van der Waals surface area contributed by atoms with E-state index in [9.17, 15) is 30.0 Å². The van der Waals surface area contributed by atoms with Crippen LogP contribution in [-0.4, -0.2) is 88.2 Å². The van der Waals surface area contributed by atoms with E-state index in [4.69, 9.17) is 9.47 Å². The first-order valence-corrected chi connectivity index (χ1v) is 22.4. The molecule has 0 unspecified atom stereocenters. The van der Waals surface area contributed by atoms with E-state index in [0.717, 1.165) is 38.5 Å². The van der Waals surface area contributed by atoms with Gasteiger partial charge in [0.05, 0.1) is 25.4 Å². The largest absolute Gasteiger partial charge is 0.394 e. The van der Waals surface area contributed by atoms with Crippen molar-refractivity contribution in [2.24, 2.45) is 0 Å². The van der Waals surface area contributed by atoms with Crippen molar-refractivity contribution < 1.29 is 39.5 Å². The molecule has 1 aliphatic rings. The summed E-state index contributed by atoms with van der Waals surface area (Å²) in [5.41, 5.74) is 0. The molecule has 0 aromatic carbocycles. The Labute approximate surface area is 330 Å². The third kappa shape index (κ3) is 25.6.